The van der Waals surface area contributed by atoms with Crippen molar-refractivity contribution < 1.29 is 18.7 Å². The van der Waals surface area contributed by atoms with Gasteiger partial charge in [-0.15, -0.1) is 0 Å². The maximum Gasteiger partial charge on any atom is 0.331 e. The van der Waals surface area contributed by atoms with Crippen molar-refractivity contribution in [1.29, 1.82) is 0 Å². The third-order valence-corrected chi connectivity index (χ3v) is 3.09. The van der Waals surface area contributed by atoms with Crippen LogP contribution in [0, 0.1) is 0 Å². The predicted octanol–water partition coefficient (Wildman–Crippen LogP) is 2.30. The third-order valence-electron chi connectivity index (χ3n) is 3.09. The molecule has 0 aromatic carbocycles. The maximum absolute atomic E-state index is 12.2. The minimum absolute atomic E-state index is 0.313. The van der Waals surface area contributed by atoms with Gasteiger partial charge in [0, 0.05) is 6.42 Å². The van der Waals surface area contributed by atoms with E-state index >= 15 is 0 Å². The van der Waals surface area contributed by atoms with E-state index in [0.29, 0.717) is 24.2 Å². The van der Waals surface area contributed by atoms with E-state index in [1.165, 1.54) is 13.4 Å². The summed E-state index contributed by atoms with van der Waals surface area (Å²) in [6.45, 7) is 5.52. The average Bonchev–Trinajstić information content (AvgIpc) is 2.86. The molecule has 0 radical (unpaired) electrons. The van der Waals surface area contributed by atoms with Crippen LogP contribution in [0.15, 0.2) is 16.7 Å². The highest BCUT2D eigenvalue weighted by Gasteiger charge is 2.35. The first-order chi connectivity index (χ1) is 8.98. The van der Waals surface area contributed by atoms with Gasteiger partial charge in [0.2, 0.25) is 0 Å². The molecular formula is C14H21NO4. The van der Waals surface area contributed by atoms with E-state index in [-0.39, 0.29) is 5.91 Å². The molecule has 0 bridgehead atoms. The van der Waals surface area contributed by atoms with E-state index < -0.39 is 11.5 Å². The van der Waals surface area contributed by atoms with Gasteiger partial charge in [0.05, 0.1) is 18.9 Å². The Morgan fingerprint density at radius 2 is 2.11 bits per heavy atom. The highest BCUT2D eigenvalue weighted by Crippen LogP contribution is 2.17. The summed E-state index contributed by atoms with van der Waals surface area (Å²) in [5.74, 6) is -0.141. The summed E-state index contributed by atoms with van der Waals surface area (Å²) < 4.78 is 9.98. The monoisotopic (exact) mass is 267 g/mol. The van der Waals surface area contributed by atoms with Crippen LogP contribution in [0.5, 0.6) is 0 Å². The summed E-state index contributed by atoms with van der Waals surface area (Å²) in [4.78, 5) is 24.0. The van der Waals surface area contributed by atoms with Gasteiger partial charge in [-0.05, 0) is 19.4 Å². The largest absolute Gasteiger partial charge is 0.469 e. The number of carbonyl (C=O) groups is 2. The molecule has 0 aliphatic carbocycles. The molecule has 0 fully saturated rings. The van der Waals surface area contributed by atoms with E-state index in [4.69, 9.17) is 9.15 Å². The van der Waals surface area contributed by atoms with Gasteiger partial charge in [0.15, 0.2) is 0 Å². The van der Waals surface area contributed by atoms with Crippen LogP contribution in [0.25, 0.3) is 0 Å². The van der Waals surface area contributed by atoms with Crippen LogP contribution in [0.3, 0.4) is 0 Å². The summed E-state index contributed by atoms with van der Waals surface area (Å²) in [6.07, 6.45) is 3.38. The van der Waals surface area contributed by atoms with Crippen LogP contribution in [-0.2, 0) is 16.0 Å². The van der Waals surface area contributed by atoms with Crippen LogP contribution >= 0.6 is 0 Å². The number of rotatable bonds is 6. The lowest BCUT2D eigenvalue weighted by Crippen LogP contribution is -2.52. The Morgan fingerprint density at radius 1 is 1.42 bits per heavy atom. The first-order valence-electron chi connectivity index (χ1n) is 6.45. The molecule has 1 N–H and O–H groups in total. The predicted molar refractivity (Wildman–Crippen MR) is 70.9 cm³/mol. The molecule has 106 valence electrons. The van der Waals surface area contributed by atoms with Crippen molar-refractivity contribution in [2.75, 3.05) is 7.11 Å². The summed E-state index contributed by atoms with van der Waals surface area (Å²) in [6, 6.07) is 1.61. The Balaban J connectivity index is 2.91. The molecule has 1 rings (SSSR count). The number of hydrogen-bond acceptors (Lipinski definition) is 4. The van der Waals surface area contributed by atoms with E-state index in [1.807, 2.05) is 13.8 Å². The molecule has 0 spiro atoms. The van der Waals surface area contributed by atoms with Gasteiger partial charge < -0.3 is 14.5 Å². The number of esters is 1. The third kappa shape index (κ3) is 3.36. The fourth-order valence-electron chi connectivity index (χ4n) is 2.08. The van der Waals surface area contributed by atoms with Gasteiger partial charge >= 0.3 is 5.97 Å². The molecule has 0 saturated heterocycles. The SMILES string of the molecule is CCCC(C)(NC(=O)c1ccoc1CC)C(=O)OC. The molecule has 1 atom stereocenters. The molecule has 1 aromatic heterocycles. The van der Waals surface area contributed by atoms with Gasteiger partial charge in [-0.25, -0.2) is 4.79 Å². The molecule has 1 aromatic rings. The van der Waals surface area contributed by atoms with Gasteiger partial charge in [-0.2, -0.15) is 0 Å². The Kier molecular flexibility index (Phi) is 5.15. The number of ether oxygens (including phenoxy) is 1. The smallest absolute Gasteiger partial charge is 0.331 e. The average molecular weight is 267 g/mol. The van der Waals surface area contributed by atoms with Crippen LogP contribution in [-0.4, -0.2) is 24.5 Å². The topological polar surface area (TPSA) is 68.5 Å². The number of furan rings is 1. The molecule has 1 heterocycles. The number of aryl methyl sites for hydroxylation is 1. The van der Waals surface area contributed by atoms with Crippen molar-refractivity contribution in [3.63, 3.8) is 0 Å². The molecule has 0 aliphatic rings. The van der Waals surface area contributed by atoms with E-state index in [9.17, 15) is 9.59 Å². The van der Waals surface area contributed by atoms with Gasteiger partial charge in [0.1, 0.15) is 11.3 Å². The molecule has 1 unspecified atom stereocenters. The van der Waals surface area contributed by atoms with Crippen molar-refractivity contribution in [2.24, 2.45) is 0 Å². The quantitative estimate of drug-likeness (QED) is 0.803. The molecule has 5 heteroatoms. The zero-order valence-electron chi connectivity index (χ0n) is 11.9. The van der Waals surface area contributed by atoms with Gasteiger partial charge in [-0.1, -0.05) is 20.3 Å². The molecular weight excluding hydrogens is 246 g/mol. The number of hydrogen-bond donors (Lipinski definition) is 1. The van der Waals surface area contributed by atoms with E-state index in [1.54, 1.807) is 13.0 Å². The zero-order valence-corrected chi connectivity index (χ0v) is 11.9. The second kappa shape index (κ2) is 6.41. The number of methoxy groups -OCH3 is 1. The second-order valence-electron chi connectivity index (χ2n) is 4.64. The minimum Gasteiger partial charge on any atom is -0.469 e. The van der Waals surface area contributed by atoms with Crippen molar-refractivity contribution in [2.45, 2.75) is 45.6 Å². The van der Waals surface area contributed by atoms with Crippen LogP contribution in [0.2, 0.25) is 0 Å². The summed E-state index contributed by atoms with van der Waals surface area (Å²) in [5.41, 5.74) is -0.545. The standard InChI is InChI=1S/C14H21NO4/c1-5-8-14(3,13(17)18-4)15-12(16)10-7-9-19-11(10)6-2/h7,9H,5-6,8H2,1-4H3,(H,15,16). The summed E-state index contributed by atoms with van der Waals surface area (Å²) in [5, 5.41) is 2.75. The van der Waals surface area contributed by atoms with Crippen molar-refractivity contribution in [3.8, 4) is 0 Å². The molecule has 1 amide bonds. The lowest BCUT2D eigenvalue weighted by molar-refractivity contribution is -0.147. The minimum atomic E-state index is -1.01. The van der Waals surface area contributed by atoms with Crippen LogP contribution < -0.4 is 5.32 Å². The Hall–Kier alpha value is -1.78. The summed E-state index contributed by atoms with van der Waals surface area (Å²) >= 11 is 0. The number of nitrogens with one attached hydrogen (secondary N) is 1. The second-order valence-corrected chi connectivity index (χ2v) is 4.64. The zero-order chi connectivity index (χ0) is 14.5. The highest BCUT2D eigenvalue weighted by atomic mass is 16.5. The van der Waals surface area contributed by atoms with Crippen LogP contribution in [0.4, 0.5) is 0 Å². The molecule has 0 aliphatic heterocycles. The van der Waals surface area contributed by atoms with Crippen molar-refractivity contribution in [1.82, 2.24) is 5.32 Å². The van der Waals surface area contributed by atoms with Gasteiger partial charge in [-0.3, -0.25) is 4.79 Å². The fourth-order valence-corrected chi connectivity index (χ4v) is 2.08. The Labute approximate surface area is 113 Å². The lowest BCUT2D eigenvalue weighted by atomic mass is 9.95. The first-order valence-corrected chi connectivity index (χ1v) is 6.45. The molecule has 0 saturated carbocycles. The summed E-state index contributed by atoms with van der Waals surface area (Å²) in [7, 11) is 1.32. The normalized spacial score (nSPS) is 13.7. The molecule has 5 nitrogen and oxygen atoms in total. The Bertz CT molecular complexity index is 452. The molecule has 19 heavy (non-hydrogen) atoms. The fraction of sp³-hybridized carbons (Fsp3) is 0.571. The van der Waals surface area contributed by atoms with E-state index in [2.05, 4.69) is 5.32 Å². The Morgan fingerprint density at radius 3 is 2.63 bits per heavy atom. The lowest BCUT2D eigenvalue weighted by Gasteiger charge is -2.27. The first kappa shape index (κ1) is 15.3. The van der Waals surface area contributed by atoms with Crippen molar-refractivity contribution >= 4 is 11.9 Å². The van der Waals surface area contributed by atoms with Crippen molar-refractivity contribution in [3.05, 3.63) is 23.7 Å². The number of carbonyl (C=O) groups excluding carboxylic acids is 2. The highest BCUT2D eigenvalue weighted by molar-refractivity contribution is 5.98. The number of amides is 1. The van der Waals surface area contributed by atoms with Gasteiger partial charge in [0.25, 0.3) is 5.91 Å². The maximum atomic E-state index is 12.2. The van der Waals surface area contributed by atoms with E-state index in [0.717, 1.165) is 6.42 Å². The van der Waals surface area contributed by atoms with Crippen LogP contribution in [0.1, 0.15) is 49.7 Å².